The highest BCUT2D eigenvalue weighted by molar-refractivity contribution is 8.00. The summed E-state index contributed by atoms with van der Waals surface area (Å²) in [6.07, 6.45) is 3.70. The molecule has 2 aromatic rings. The number of fused-ring (bicyclic) bond motifs is 2. The average molecular weight is 375 g/mol. The SMILES string of the molecule is Cc1c2ccc(CO)n2cc[n+]1CC1=C(C(=O)O)N2C(=O)C(N)[C@H]2SC1. The van der Waals surface area contributed by atoms with Crippen molar-refractivity contribution in [3.05, 3.63) is 47.2 Å². The first kappa shape index (κ1) is 17.1. The summed E-state index contributed by atoms with van der Waals surface area (Å²) in [6, 6.07) is 3.16. The summed E-state index contributed by atoms with van der Waals surface area (Å²) in [6.45, 7) is 2.27. The van der Waals surface area contributed by atoms with Crippen LogP contribution in [0.25, 0.3) is 5.52 Å². The van der Waals surface area contributed by atoms with Crippen LogP contribution in [-0.2, 0) is 22.7 Å². The number of rotatable bonds is 4. The minimum absolute atomic E-state index is 0.0543. The Morgan fingerprint density at radius 1 is 1.46 bits per heavy atom. The van der Waals surface area contributed by atoms with E-state index in [0.717, 1.165) is 16.9 Å². The van der Waals surface area contributed by atoms with Gasteiger partial charge in [0.1, 0.15) is 22.6 Å². The molecule has 0 saturated carbocycles. The van der Waals surface area contributed by atoms with E-state index in [2.05, 4.69) is 0 Å². The van der Waals surface area contributed by atoms with Gasteiger partial charge in [-0.3, -0.25) is 9.69 Å². The van der Waals surface area contributed by atoms with Gasteiger partial charge in [-0.25, -0.2) is 4.79 Å². The monoisotopic (exact) mass is 375 g/mol. The Kier molecular flexibility index (Phi) is 4.02. The van der Waals surface area contributed by atoms with Crippen LogP contribution in [0.5, 0.6) is 0 Å². The van der Waals surface area contributed by atoms with Gasteiger partial charge < -0.3 is 20.3 Å². The molecular formula is C17H19N4O4S+. The Balaban J connectivity index is 1.74. The number of hydrogen-bond acceptors (Lipinski definition) is 5. The molecule has 1 saturated heterocycles. The summed E-state index contributed by atoms with van der Waals surface area (Å²) in [4.78, 5) is 25.1. The van der Waals surface area contributed by atoms with Gasteiger partial charge in [-0.1, -0.05) is 0 Å². The van der Waals surface area contributed by atoms with Crippen LogP contribution in [-0.4, -0.2) is 48.6 Å². The Labute approximate surface area is 153 Å². The molecular weight excluding hydrogens is 356 g/mol. The number of aliphatic hydroxyl groups is 1. The topological polar surface area (TPSA) is 112 Å². The number of hydrogen-bond donors (Lipinski definition) is 3. The van der Waals surface area contributed by atoms with E-state index < -0.39 is 12.0 Å². The van der Waals surface area contributed by atoms with Gasteiger partial charge in [-0.05, 0) is 12.1 Å². The first-order valence-electron chi connectivity index (χ1n) is 8.19. The molecule has 1 fully saturated rings. The molecule has 2 aromatic heterocycles. The number of aromatic nitrogens is 2. The van der Waals surface area contributed by atoms with E-state index in [1.54, 1.807) is 0 Å². The molecule has 2 aliphatic heterocycles. The molecule has 9 heteroatoms. The molecule has 2 aliphatic rings. The zero-order valence-electron chi connectivity index (χ0n) is 14.1. The largest absolute Gasteiger partial charge is 0.477 e. The van der Waals surface area contributed by atoms with Gasteiger partial charge in [0.15, 0.2) is 12.7 Å². The number of amides is 1. The van der Waals surface area contributed by atoms with E-state index in [-0.39, 0.29) is 23.6 Å². The molecule has 26 heavy (non-hydrogen) atoms. The minimum atomic E-state index is -1.10. The molecule has 8 nitrogen and oxygen atoms in total. The number of aryl methyl sites for hydroxylation is 1. The Bertz CT molecular complexity index is 967. The second-order valence-electron chi connectivity index (χ2n) is 6.44. The van der Waals surface area contributed by atoms with Crippen molar-refractivity contribution >= 4 is 29.2 Å². The number of carboxylic acid groups (broad SMARTS) is 1. The maximum absolute atomic E-state index is 12.0. The summed E-state index contributed by atoms with van der Waals surface area (Å²) in [5.41, 5.74) is 9.20. The third-order valence-electron chi connectivity index (χ3n) is 5.01. The van der Waals surface area contributed by atoms with Crippen LogP contribution in [0.2, 0.25) is 0 Å². The predicted molar refractivity (Wildman–Crippen MR) is 94.0 cm³/mol. The number of aliphatic hydroxyl groups excluding tert-OH is 1. The standard InChI is InChI=1S/C17H18N4O4S/c1-9-12-3-2-11(7-22)20(12)5-4-19(9)6-10-8-26-16-13(18)15(23)21(16)14(10)17(24)25/h2-5,13,16,22H,6-8,18H2,1H3/p+1/t13?,16-/m1/s1. The number of β-lactam (4-membered cyclic amide) rings is 1. The van der Waals surface area contributed by atoms with Crippen LogP contribution in [0.4, 0.5) is 0 Å². The van der Waals surface area contributed by atoms with E-state index in [1.807, 2.05) is 40.4 Å². The summed E-state index contributed by atoms with van der Waals surface area (Å²) < 4.78 is 3.86. The quantitative estimate of drug-likeness (QED) is 0.496. The van der Waals surface area contributed by atoms with E-state index in [0.29, 0.717) is 17.9 Å². The van der Waals surface area contributed by atoms with Gasteiger partial charge in [-0.2, -0.15) is 4.57 Å². The third-order valence-corrected chi connectivity index (χ3v) is 6.37. The lowest BCUT2D eigenvalue weighted by atomic mass is 10.0. The zero-order valence-corrected chi connectivity index (χ0v) is 14.9. The van der Waals surface area contributed by atoms with Gasteiger partial charge in [-0.15, -0.1) is 11.8 Å². The molecule has 0 bridgehead atoms. The number of carboxylic acids is 1. The van der Waals surface area contributed by atoms with Crippen molar-refractivity contribution in [3.8, 4) is 0 Å². The molecule has 4 N–H and O–H groups in total. The van der Waals surface area contributed by atoms with Gasteiger partial charge in [0.05, 0.1) is 12.8 Å². The summed E-state index contributed by atoms with van der Waals surface area (Å²) >= 11 is 1.50. The summed E-state index contributed by atoms with van der Waals surface area (Å²) in [5.74, 6) is -0.923. The molecule has 0 aromatic carbocycles. The Morgan fingerprint density at radius 2 is 2.23 bits per heavy atom. The molecule has 1 amide bonds. The summed E-state index contributed by atoms with van der Waals surface area (Å²) in [7, 11) is 0. The van der Waals surface area contributed by atoms with Gasteiger partial charge >= 0.3 is 5.97 Å². The number of nitrogens with two attached hydrogens (primary N) is 1. The molecule has 2 atom stereocenters. The fourth-order valence-electron chi connectivity index (χ4n) is 3.57. The third kappa shape index (κ3) is 2.35. The number of carbonyl (C=O) groups excluding carboxylic acids is 1. The molecule has 1 unspecified atom stereocenters. The number of aliphatic carboxylic acids is 1. The van der Waals surface area contributed by atoms with Crippen LogP contribution in [0.3, 0.4) is 0 Å². The lowest BCUT2D eigenvalue weighted by Gasteiger charge is -2.47. The second kappa shape index (κ2) is 6.11. The Morgan fingerprint density at radius 3 is 2.92 bits per heavy atom. The van der Waals surface area contributed by atoms with Crippen molar-refractivity contribution < 1.29 is 24.4 Å². The minimum Gasteiger partial charge on any atom is -0.477 e. The van der Waals surface area contributed by atoms with Crippen LogP contribution >= 0.6 is 11.8 Å². The highest BCUT2D eigenvalue weighted by atomic mass is 32.2. The zero-order chi connectivity index (χ0) is 18.6. The maximum atomic E-state index is 12.0. The Hall–Kier alpha value is -2.36. The molecule has 0 spiro atoms. The van der Waals surface area contributed by atoms with E-state index in [9.17, 15) is 19.8 Å². The van der Waals surface area contributed by atoms with Crippen molar-refractivity contribution in [2.24, 2.45) is 5.73 Å². The van der Waals surface area contributed by atoms with Crippen LogP contribution in [0.1, 0.15) is 11.4 Å². The smallest absolute Gasteiger partial charge is 0.352 e. The fraction of sp³-hybridized carbons (Fsp3) is 0.353. The maximum Gasteiger partial charge on any atom is 0.352 e. The van der Waals surface area contributed by atoms with Crippen molar-refractivity contribution in [1.82, 2.24) is 9.30 Å². The number of carbonyl (C=O) groups is 2. The lowest BCUT2D eigenvalue weighted by molar-refractivity contribution is -0.694. The predicted octanol–water partition coefficient (Wildman–Crippen LogP) is -0.391. The lowest BCUT2D eigenvalue weighted by Crippen LogP contribution is -2.68. The van der Waals surface area contributed by atoms with Gasteiger partial charge in [0.2, 0.25) is 11.6 Å². The van der Waals surface area contributed by atoms with E-state index in [1.165, 1.54) is 16.7 Å². The first-order chi connectivity index (χ1) is 12.4. The molecule has 4 heterocycles. The average Bonchev–Trinajstić information content (AvgIpc) is 3.06. The van der Waals surface area contributed by atoms with Gasteiger partial charge in [0, 0.05) is 23.9 Å². The van der Waals surface area contributed by atoms with E-state index in [4.69, 9.17) is 5.73 Å². The van der Waals surface area contributed by atoms with Crippen molar-refractivity contribution in [2.75, 3.05) is 5.75 Å². The van der Waals surface area contributed by atoms with E-state index >= 15 is 0 Å². The van der Waals surface area contributed by atoms with Crippen LogP contribution < -0.4 is 10.3 Å². The summed E-state index contributed by atoms with van der Waals surface area (Å²) in [5, 5.41) is 18.8. The molecule has 0 aliphatic carbocycles. The fourth-order valence-corrected chi connectivity index (χ4v) is 4.86. The normalized spacial score (nSPS) is 22.6. The van der Waals surface area contributed by atoms with Crippen molar-refractivity contribution in [1.29, 1.82) is 0 Å². The molecule has 136 valence electrons. The number of thioether (sulfide) groups is 1. The highest BCUT2D eigenvalue weighted by Crippen LogP contribution is 2.39. The highest BCUT2D eigenvalue weighted by Gasteiger charge is 2.52. The van der Waals surface area contributed by atoms with Gasteiger partial charge in [0.25, 0.3) is 0 Å². The van der Waals surface area contributed by atoms with Crippen LogP contribution in [0, 0.1) is 6.92 Å². The molecule has 0 radical (unpaired) electrons. The van der Waals surface area contributed by atoms with Crippen molar-refractivity contribution in [2.45, 2.75) is 31.5 Å². The number of nitrogens with zero attached hydrogens (tertiary/aromatic N) is 3. The van der Waals surface area contributed by atoms with Crippen molar-refractivity contribution in [3.63, 3.8) is 0 Å². The van der Waals surface area contributed by atoms with Crippen LogP contribution in [0.15, 0.2) is 35.8 Å². The molecule has 4 rings (SSSR count). The first-order valence-corrected chi connectivity index (χ1v) is 9.24. The second-order valence-corrected chi connectivity index (χ2v) is 7.55.